The maximum Gasteiger partial charge on any atom is 0.239 e. The van der Waals surface area contributed by atoms with Gasteiger partial charge in [0.1, 0.15) is 6.33 Å². The zero-order chi connectivity index (χ0) is 14.0. The fourth-order valence-electron chi connectivity index (χ4n) is 1.32. The first kappa shape index (κ1) is 14.0. The topological polar surface area (TPSA) is 72.7 Å². The molecule has 0 spiro atoms. The number of carbonyl (C=O) groups is 1. The van der Waals surface area contributed by atoms with Crippen molar-refractivity contribution in [2.75, 3.05) is 5.32 Å². The van der Waals surface area contributed by atoms with Gasteiger partial charge < -0.3 is 9.88 Å². The molecule has 2 aromatic heterocycles. The Balaban J connectivity index is 1.98. The van der Waals surface area contributed by atoms with Gasteiger partial charge in [0.15, 0.2) is 10.3 Å². The number of nitrogens with zero attached hydrogens (tertiary/aromatic N) is 4. The Labute approximate surface area is 119 Å². The molecular formula is C11H15N5OS2. The number of anilines is 1. The minimum Gasteiger partial charge on any atom is -0.312 e. The third-order valence-electron chi connectivity index (χ3n) is 2.58. The number of rotatable bonds is 4. The van der Waals surface area contributed by atoms with Gasteiger partial charge in [-0.3, -0.25) is 4.79 Å². The lowest BCUT2D eigenvalue weighted by molar-refractivity contribution is -0.115. The molecule has 1 amide bonds. The maximum absolute atomic E-state index is 12.0. The molecule has 0 saturated heterocycles. The lowest BCUT2D eigenvalue weighted by Gasteiger charge is -2.09. The summed E-state index contributed by atoms with van der Waals surface area (Å²) >= 11 is 2.86. The summed E-state index contributed by atoms with van der Waals surface area (Å²) in [6.07, 6.45) is 1.61. The number of carbonyl (C=O) groups excluding carboxylic acids is 1. The summed E-state index contributed by atoms with van der Waals surface area (Å²) in [4.78, 5) is 17.5. The van der Waals surface area contributed by atoms with E-state index in [1.165, 1.54) is 23.1 Å². The molecule has 102 valence electrons. The number of thioether (sulfide) groups is 1. The highest BCUT2D eigenvalue weighted by Gasteiger charge is 2.18. The Bertz CT molecular complexity index is 572. The minimum atomic E-state index is -0.257. The average molecular weight is 297 g/mol. The van der Waals surface area contributed by atoms with Crippen molar-refractivity contribution in [3.05, 3.63) is 16.9 Å². The smallest absolute Gasteiger partial charge is 0.239 e. The zero-order valence-corrected chi connectivity index (χ0v) is 12.8. The van der Waals surface area contributed by atoms with E-state index in [4.69, 9.17) is 0 Å². The predicted octanol–water partition coefficient (Wildman–Crippen LogP) is 2.01. The molecule has 0 aromatic carbocycles. The van der Waals surface area contributed by atoms with Gasteiger partial charge in [-0.05, 0) is 20.8 Å². The Hall–Kier alpha value is -1.41. The molecule has 2 rings (SSSR count). The van der Waals surface area contributed by atoms with Crippen LogP contribution in [0.15, 0.2) is 11.5 Å². The molecule has 2 aromatic rings. The molecule has 1 N–H and O–H groups in total. The van der Waals surface area contributed by atoms with Gasteiger partial charge in [0, 0.05) is 11.9 Å². The van der Waals surface area contributed by atoms with E-state index in [-0.39, 0.29) is 11.2 Å². The Morgan fingerprint density at radius 2 is 2.26 bits per heavy atom. The Morgan fingerprint density at radius 1 is 1.53 bits per heavy atom. The van der Waals surface area contributed by atoms with Crippen LogP contribution in [0.3, 0.4) is 0 Å². The van der Waals surface area contributed by atoms with E-state index in [0.29, 0.717) is 10.3 Å². The van der Waals surface area contributed by atoms with Crippen LogP contribution in [0.25, 0.3) is 0 Å². The van der Waals surface area contributed by atoms with Crippen LogP contribution in [0.2, 0.25) is 0 Å². The summed E-state index contributed by atoms with van der Waals surface area (Å²) in [6.45, 7) is 5.75. The number of thiazole rings is 1. The molecule has 0 aliphatic rings. The maximum atomic E-state index is 12.0. The first-order valence-electron chi connectivity index (χ1n) is 5.73. The molecule has 1 unspecified atom stereocenters. The van der Waals surface area contributed by atoms with E-state index >= 15 is 0 Å². The third-order valence-corrected chi connectivity index (χ3v) is 4.72. The highest BCUT2D eigenvalue weighted by Crippen LogP contribution is 2.24. The molecule has 0 bridgehead atoms. The van der Waals surface area contributed by atoms with Crippen molar-refractivity contribution >= 4 is 34.1 Å². The van der Waals surface area contributed by atoms with Crippen molar-refractivity contribution in [2.24, 2.45) is 7.05 Å². The molecule has 8 heteroatoms. The molecule has 0 aliphatic heterocycles. The highest BCUT2D eigenvalue weighted by molar-refractivity contribution is 8.00. The molecule has 19 heavy (non-hydrogen) atoms. The third kappa shape index (κ3) is 3.32. The zero-order valence-electron chi connectivity index (χ0n) is 11.2. The van der Waals surface area contributed by atoms with E-state index in [0.717, 1.165) is 10.6 Å². The van der Waals surface area contributed by atoms with Gasteiger partial charge in [0.2, 0.25) is 5.91 Å². The average Bonchev–Trinajstić information content (AvgIpc) is 2.87. The molecule has 0 fully saturated rings. The highest BCUT2D eigenvalue weighted by atomic mass is 32.2. The number of nitrogens with one attached hydrogen (secondary N) is 1. The normalized spacial score (nSPS) is 12.4. The van der Waals surface area contributed by atoms with Gasteiger partial charge in [-0.2, -0.15) is 0 Å². The monoisotopic (exact) mass is 297 g/mol. The molecular weight excluding hydrogens is 282 g/mol. The summed E-state index contributed by atoms with van der Waals surface area (Å²) in [5.74, 6) is -0.0817. The van der Waals surface area contributed by atoms with Crippen LogP contribution in [0.4, 0.5) is 5.13 Å². The first-order chi connectivity index (χ1) is 8.97. The van der Waals surface area contributed by atoms with Gasteiger partial charge in [-0.25, -0.2) is 4.98 Å². The number of aromatic nitrogens is 4. The summed E-state index contributed by atoms with van der Waals surface area (Å²) in [6, 6.07) is 0. The minimum absolute atomic E-state index is 0.0817. The van der Waals surface area contributed by atoms with Crippen LogP contribution in [0.5, 0.6) is 0 Å². The van der Waals surface area contributed by atoms with Crippen molar-refractivity contribution in [1.82, 2.24) is 19.7 Å². The predicted molar refractivity (Wildman–Crippen MR) is 76.5 cm³/mol. The SMILES string of the molecule is Cc1nc(NC(=O)C(C)Sc2nncn2C)sc1C. The van der Waals surface area contributed by atoms with Crippen LogP contribution in [0, 0.1) is 13.8 Å². The fourth-order valence-corrected chi connectivity index (χ4v) is 2.93. The molecule has 6 nitrogen and oxygen atoms in total. The van der Waals surface area contributed by atoms with E-state index in [2.05, 4.69) is 20.5 Å². The van der Waals surface area contributed by atoms with E-state index in [1.54, 1.807) is 10.9 Å². The Kier molecular flexibility index (Phi) is 4.20. The van der Waals surface area contributed by atoms with Crippen LogP contribution >= 0.6 is 23.1 Å². The van der Waals surface area contributed by atoms with Crippen LogP contribution in [0.1, 0.15) is 17.5 Å². The second-order valence-electron chi connectivity index (χ2n) is 4.13. The second kappa shape index (κ2) is 5.70. The van der Waals surface area contributed by atoms with E-state index in [1.807, 2.05) is 27.8 Å². The molecule has 0 radical (unpaired) electrons. The van der Waals surface area contributed by atoms with Gasteiger partial charge >= 0.3 is 0 Å². The summed E-state index contributed by atoms with van der Waals surface area (Å²) < 4.78 is 1.78. The Morgan fingerprint density at radius 3 is 2.79 bits per heavy atom. The molecule has 2 heterocycles. The number of hydrogen-bond donors (Lipinski definition) is 1. The molecule has 0 aliphatic carbocycles. The van der Waals surface area contributed by atoms with Crippen molar-refractivity contribution in [2.45, 2.75) is 31.2 Å². The largest absolute Gasteiger partial charge is 0.312 e. The van der Waals surface area contributed by atoms with E-state index in [9.17, 15) is 4.79 Å². The van der Waals surface area contributed by atoms with Crippen LogP contribution < -0.4 is 5.32 Å². The van der Waals surface area contributed by atoms with Crippen molar-refractivity contribution in [3.8, 4) is 0 Å². The quantitative estimate of drug-likeness (QED) is 0.874. The first-order valence-corrected chi connectivity index (χ1v) is 7.42. The second-order valence-corrected chi connectivity index (χ2v) is 6.65. The standard InChI is InChI=1S/C11H15N5OS2/c1-6-7(2)18-10(13-6)14-9(17)8(3)19-11-15-12-5-16(11)4/h5,8H,1-4H3,(H,13,14,17). The van der Waals surface area contributed by atoms with Crippen molar-refractivity contribution < 1.29 is 4.79 Å². The van der Waals surface area contributed by atoms with Crippen molar-refractivity contribution in [1.29, 1.82) is 0 Å². The van der Waals surface area contributed by atoms with Gasteiger partial charge in [0.25, 0.3) is 0 Å². The lowest BCUT2D eigenvalue weighted by atomic mass is 10.4. The van der Waals surface area contributed by atoms with Crippen LogP contribution in [-0.4, -0.2) is 30.9 Å². The van der Waals surface area contributed by atoms with Gasteiger partial charge in [0.05, 0.1) is 10.9 Å². The van der Waals surface area contributed by atoms with Gasteiger partial charge in [-0.15, -0.1) is 21.5 Å². The summed E-state index contributed by atoms with van der Waals surface area (Å²) in [5, 5.41) is 11.7. The summed E-state index contributed by atoms with van der Waals surface area (Å²) in [5.41, 5.74) is 0.953. The van der Waals surface area contributed by atoms with Gasteiger partial charge in [-0.1, -0.05) is 11.8 Å². The van der Waals surface area contributed by atoms with Crippen molar-refractivity contribution in [3.63, 3.8) is 0 Å². The number of amides is 1. The summed E-state index contributed by atoms with van der Waals surface area (Å²) in [7, 11) is 1.85. The molecule has 1 atom stereocenters. The lowest BCUT2D eigenvalue weighted by Crippen LogP contribution is -2.22. The van der Waals surface area contributed by atoms with Crippen LogP contribution in [-0.2, 0) is 11.8 Å². The number of hydrogen-bond acceptors (Lipinski definition) is 6. The fraction of sp³-hybridized carbons (Fsp3) is 0.455. The van der Waals surface area contributed by atoms with E-state index < -0.39 is 0 Å². The number of aryl methyl sites for hydroxylation is 3. The molecule has 0 saturated carbocycles.